The molecule has 0 saturated carbocycles. The van der Waals surface area contributed by atoms with Crippen LogP contribution in [0.15, 0.2) is 36.7 Å². The Labute approximate surface area is 113 Å². The molecule has 0 aliphatic carbocycles. The van der Waals surface area contributed by atoms with Gasteiger partial charge in [-0.1, -0.05) is 12.1 Å². The van der Waals surface area contributed by atoms with Crippen LogP contribution in [-0.2, 0) is 4.79 Å². The van der Waals surface area contributed by atoms with Gasteiger partial charge in [0.2, 0.25) is 0 Å². The second-order valence-electron chi connectivity index (χ2n) is 4.02. The molecule has 0 atom stereocenters. The summed E-state index contributed by atoms with van der Waals surface area (Å²) in [5.74, 6) is -1.89. The van der Waals surface area contributed by atoms with Crippen LogP contribution in [0.4, 0.5) is 4.39 Å². The molecular formula is C13H12FN3O3. The molecule has 0 unspecified atom stereocenters. The molecule has 0 aliphatic rings. The van der Waals surface area contributed by atoms with Gasteiger partial charge >= 0.3 is 5.97 Å². The molecule has 20 heavy (non-hydrogen) atoms. The number of aliphatic carboxylic acids is 1. The van der Waals surface area contributed by atoms with Crippen LogP contribution in [0.5, 0.6) is 0 Å². The molecule has 1 aromatic carbocycles. The third-order valence-corrected chi connectivity index (χ3v) is 2.57. The molecule has 2 rings (SSSR count). The lowest BCUT2D eigenvalue weighted by molar-refractivity contribution is -0.136. The first-order chi connectivity index (χ1) is 9.58. The Balaban J connectivity index is 2.07. The van der Waals surface area contributed by atoms with E-state index in [1.165, 1.54) is 29.2 Å². The summed E-state index contributed by atoms with van der Waals surface area (Å²) < 4.78 is 14.8. The van der Waals surface area contributed by atoms with Gasteiger partial charge in [0, 0.05) is 12.7 Å². The van der Waals surface area contributed by atoms with Crippen molar-refractivity contribution in [2.45, 2.75) is 6.42 Å². The number of aromatic nitrogens is 2. The van der Waals surface area contributed by atoms with Gasteiger partial charge in [0.1, 0.15) is 11.5 Å². The highest BCUT2D eigenvalue weighted by molar-refractivity contribution is 5.93. The highest BCUT2D eigenvalue weighted by atomic mass is 19.1. The summed E-state index contributed by atoms with van der Waals surface area (Å²) in [6.07, 6.45) is 2.52. The molecule has 1 aromatic heterocycles. The first-order valence-corrected chi connectivity index (χ1v) is 5.87. The van der Waals surface area contributed by atoms with Gasteiger partial charge in [-0.2, -0.15) is 5.10 Å². The first kappa shape index (κ1) is 13.7. The lowest BCUT2D eigenvalue weighted by Crippen LogP contribution is -2.25. The number of rotatable bonds is 5. The Bertz CT molecular complexity index is 639. The van der Waals surface area contributed by atoms with Crippen molar-refractivity contribution in [3.05, 3.63) is 48.0 Å². The van der Waals surface area contributed by atoms with Crippen molar-refractivity contribution in [2.75, 3.05) is 6.54 Å². The molecule has 0 aliphatic heterocycles. The maximum Gasteiger partial charge on any atom is 0.305 e. The van der Waals surface area contributed by atoms with E-state index in [1.54, 1.807) is 12.1 Å². The van der Waals surface area contributed by atoms with Crippen molar-refractivity contribution in [3.63, 3.8) is 0 Å². The molecule has 1 amide bonds. The topological polar surface area (TPSA) is 84.2 Å². The van der Waals surface area contributed by atoms with Gasteiger partial charge in [0.15, 0.2) is 0 Å². The number of halogens is 1. The Morgan fingerprint density at radius 3 is 2.80 bits per heavy atom. The number of carboxylic acids is 1. The van der Waals surface area contributed by atoms with Gasteiger partial charge in [-0.15, -0.1) is 0 Å². The minimum Gasteiger partial charge on any atom is -0.481 e. The van der Waals surface area contributed by atoms with Crippen molar-refractivity contribution in [2.24, 2.45) is 0 Å². The van der Waals surface area contributed by atoms with E-state index in [0.717, 1.165) is 0 Å². The quantitative estimate of drug-likeness (QED) is 0.860. The highest BCUT2D eigenvalue weighted by Gasteiger charge is 2.11. The maximum atomic E-state index is 13.6. The number of carbonyl (C=O) groups is 2. The second kappa shape index (κ2) is 5.96. The summed E-state index contributed by atoms with van der Waals surface area (Å²) in [6.45, 7) is 0.0268. The Hall–Kier alpha value is -2.70. The van der Waals surface area contributed by atoms with Crippen molar-refractivity contribution >= 4 is 11.9 Å². The zero-order valence-corrected chi connectivity index (χ0v) is 10.4. The molecule has 104 valence electrons. The van der Waals surface area contributed by atoms with Crippen LogP contribution in [0.25, 0.3) is 5.69 Å². The number of nitrogens with zero attached hydrogens (tertiary/aromatic N) is 2. The monoisotopic (exact) mass is 277 g/mol. The van der Waals surface area contributed by atoms with Crippen LogP contribution in [0.1, 0.15) is 16.8 Å². The fraction of sp³-hybridized carbons (Fsp3) is 0.154. The average Bonchev–Trinajstić information content (AvgIpc) is 2.88. The number of benzene rings is 1. The van der Waals surface area contributed by atoms with Crippen LogP contribution in [-0.4, -0.2) is 33.3 Å². The maximum absolute atomic E-state index is 13.6. The minimum atomic E-state index is -0.993. The molecule has 0 bridgehead atoms. The Morgan fingerprint density at radius 2 is 2.10 bits per heavy atom. The van der Waals surface area contributed by atoms with Gasteiger partial charge in [-0.3, -0.25) is 9.59 Å². The molecule has 2 aromatic rings. The summed E-state index contributed by atoms with van der Waals surface area (Å²) in [4.78, 5) is 22.0. The molecule has 0 saturated heterocycles. The van der Waals surface area contributed by atoms with E-state index in [9.17, 15) is 14.0 Å². The van der Waals surface area contributed by atoms with Crippen molar-refractivity contribution < 1.29 is 19.1 Å². The molecular weight excluding hydrogens is 265 g/mol. The minimum absolute atomic E-state index is 0.0268. The van der Waals surface area contributed by atoms with E-state index in [4.69, 9.17) is 5.11 Å². The summed E-state index contributed by atoms with van der Waals surface area (Å²) in [6, 6.07) is 6.05. The predicted octanol–water partition coefficient (Wildman–Crippen LogP) is 1.22. The van der Waals surface area contributed by atoms with E-state index in [-0.39, 0.29) is 24.2 Å². The van der Waals surface area contributed by atoms with E-state index in [0.29, 0.717) is 0 Å². The van der Waals surface area contributed by atoms with Crippen LogP contribution < -0.4 is 5.32 Å². The summed E-state index contributed by atoms with van der Waals surface area (Å²) in [5.41, 5.74) is 0.468. The van der Waals surface area contributed by atoms with Crippen LogP contribution >= 0.6 is 0 Å². The number of nitrogens with one attached hydrogen (secondary N) is 1. The molecule has 0 radical (unpaired) electrons. The number of carboxylic acid groups (broad SMARTS) is 1. The van der Waals surface area contributed by atoms with E-state index < -0.39 is 17.7 Å². The van der Waals surface area contributed by atoms with Gasteiger partial charge in [-0.25, -0.2) is 9.07 Å². The first-order valence-electron chi connectivity index (χ1n) is 5.87. The SMILES string of the molecule is O=C(O)CCNC(=O)c1cnn(-c2ccccc2F)c1. The summed E-state index contributed by atoms with van der Waals surface area (Å²) in [5, 5.41) is 14.8. The van der Waals surface area contributed by atoms with Crippen LogP contribution in [0.3, 0.4) is 0 Å². The molecule has 2 N–H and O–H groups in total. The predicted molar refractivity (Wildman–Crippen MR) is 68.1 cm³/mol. The molecule has 0 fully saturated rings. The number of hydrogen-bond acceptors (Lipinski definition) is 3. The fourth-order valence-electron chi connectivity index (χ4n) is 1.59. The van der Waals surface area contributed by atoms with Crippen molar-refractivity contribution in [3.8, 4) is 5.69 Å². The number of carbonyl (C=O) groups excluding carboxylic acids is 1. The summed E-state index contributed by atoms with van der Waals surface area (Å²) >= 11 is 0. The van der Waals surface area contributed by atoms with Crippen molar-refractivity contribution in [1.82, 2.24) is 15.1 Å². The third kappa shape index (κ3) is 3.19. The number of para-hydroxylation sites is 1. The Morgan fingerprint density at radius 1 is 1.35 bits per heavy atom. The fourth-order valence-corrected chi connectivity index (χ4v) is 1.59. The standard InChI is InChI=1S/C13H12FN3O3/c14-10-3-1-2-4-11(10)17-8-9(7-16-17)13(20)15-6-5-12(18)19/h1-4,7-8H,5-6H2,(H,15,20)(H,18,19). The molecule has 0 spiro atoms. The highest BCUT2D eigenvalue weighted by Crippen LogP contribution is 2.12. The van der Waals surface area contributed by atoms with Gasteiger partial charge in [-0.05, 0) is 12.1 Å². The van der Waals surface area contributed by atoms with Crippen LogP contribution in [0.2, 0.25) is 0 Å². The number of hydrogen-bond donors (Lipinski definition) is 2. The van der Waals surface area contributed by atoms with Crippen LogP contribution in [0, 0.1) is 5.82 Å². The largest absolute Gasteiger partial charge is 0.481 e. The number of amides is 1. The lowest BCUT2D eigenvalue weighted by atomic mass is 10.3. The Kier molecular flexibility index (Phi) is 4.09. The zero-order valence-electron chi connectivity index (χ0n) is 10.4. The van der Waals surface area contributed by atoms with E-state index >= 15 is 0 Å². The second-order valence-corrected chi connectivity index (χ2v) is 4.02. The third-order valence-electron chi connectivity index (χ3n) is 2.57. The molecule has 6 nitrogen and oxygen atoms in total. The summed E-state index contributed by atoms with van der Waals surface area (Å²) in [7, 11) is 0. The molecule has 1 heterocycles. The molecule has 7 heteroatoms. The average molecular weight is 277 g/mol. The van der Waals surface area contributed by atoms with Crippen molar-refractivity contribution in [1.29, 1.82) is 0 Å². The van der Waals surface area contributed by atoms with E-state index in [1.807, 2.05) is 0 Å². The smallest absolute Gasteiger partial charge is 0.305 e. The van der Waals surface area contributed by atoms with Gasteiger partial charge < -0.3 is 10.4 Å². The van der Waals surface area contributed by atoms with Gasteiger partial charge in [0.25, 0.3) is 5.91 Å². The lowest BCUT2D eigenvalue weighted by Gasteiger charge is -2.02. The zero-order chi connectivity index (χ0) is 14.5. The normalized spacial score (nSPS) is 10.2. The van der Waals surface area contributed by atoms with E-state index in [2.05, 4.69) is 10.4 Å². The van der Waals surface area contributed by atoms with Gasteiger partial charge in [0.05, 0.1) is 18.2 Å².